The Bertz CT molecular complexity index is 29.9. The molecule has 5 heteroatoms. The molecule has 0 aliphatic carbocycles. The maximum atomic E-state index is 8.74. The van der Waals surface area contributed by atoms with Gasteiger partial charge in [0.25, 0.3) is 0 Å². The fourth-order valence-corrected chi connectivity index (χ4v) is 0. The maximum Gasteiger partial charge on any atom is 0.314 e. The van der Waals surface area contributed by atoms with E-state index in [9.17, 15) is 0 Å². The van der Waals surface area contributed by atoms with Gasteiger partial charge in [-0.15, -0.1) is 0 Å². The molecular weight excluding hydrogens is 223 g/mol. The van der Waals surface area contributed by atoms with Crippen molar-refractivity contribution >= 4 is 8.25 Å². The molecule has 0 atom stereocenters. The van der Waals surface area contributed by atoms with Crippen LogP contribution >= 0.6 is 8.25 Å². The van der Waals surface area contributed by atoms with Gasteiger partial charge in [-0.2, -0.15) is 0 Å². The van der Waals surface area contributed by atoms with Crippen molar-refractivity contribution in [3.8, 4) is 0 Å². The number of hydrogen-bond donors (Lipinski definition) is 2. The molecule has 0 saturated carbocycles. The minimum atomic E-state index is -3.13. The molecule has 0 rings (SSSR count). The second-order valence-corrected chi connectivity index (χ2v) is 0.848. The van der Waals surface area contributed by atoms with Crippen molar-refractivity contribution in [3.05, 3.63) is 0 Å². The van der Waals surface area contributed by atoms with Crippen molar-refractivity contribution in [3.63, 3.8) is 0 Å². The van der Waals surface area contributed by atoms with Gasteiger partial charge in [-0.1, -0.05) is 0 Å². The Morgan fingerprint density at radius 3 is 1.40 bits per heavy atom. The van der Waals surface area contributed by atoms with Gasteiger partial charge in [-0.05, 0) is 0 Å². The van der Waals surface area contributed by atoms with E-state index < -0.39 is 8.25 Å². The summed E-state index contributed by atoms with van der Waals surface area (Å²) < 4.78 is 8.74. The molecule has 0 fully saturated rings. The van der Waals surface area contributed by atoms with Gasteiger partial charge < -0.3 is 9.79 Å². The van der Waals surface area contributed by atoms with Crippen molar-refractivity contribution in [2.45, 2.75) is 0 Å². The van der Waals surface area contributed by atoms with Gasteiger partial charge in [0, 0.05) is 40.8 Å². The van der Waals surface area contributed by atoms with Crippen LogP contribution in [-0.4, -0.2) is 9.79 Å². The molecule has 2 N–H and O–H groups in total. The summed E-state index contributed by atoms with van der Waals surface area (Å²) in [5.41, 5.74) is 0. The molecule has 30 valence electrons. The van der Waals surface area contributed by atoms with E-state index in [0.717, 1.165) is 0 Å². The first-order valence-electron chi connectivity index (χ1n) is 0.651. The van der Waals surface area contributed by atoms with Gasteiger partial charge in [0.05, 0.1) is 0 Å². The van der Waals surface area contributed by atoms with Crippen LogP contribution in [0.5, 0.6) is 0 Å². The van der Waals surface area contributed by atoms with E-state index in [2.05, 4.69) is 0 Å². The van der Waals surface area contributed by atoms with Crippen LogP contribution in [0.4, 0.5) is 0 Å². The molecule has 0 aromatic carbocycles. The Labute approximate surface area is 62.9 Å². The van der Waals surface area contributed by atoms with Crippen molar-refractivity contribution in [1.29, 1.82) is 0 Å². The molecule has 0 bridgehead atoms. The summed E-state index contributed by atoms with van der Waals surface area (Å²) in [6, 6.07) is 0. The van der Waals surface area contributed by atoms with Gasteiger partial charge in [0.1, 0.15) is 0 Å². The SMILES string of the molecule is O=[PH](O)O.[Nd]. The Balaban J connectivity index is 0. The molecule has 0 spiro atoms. The molecule has 0 unspecified atom stereocenters. The summed E-state index contributed by atoms with van der Waals surface area (Å²) in [6.07, 6.45) is 0. The third kappa shape index (κ3) is 29.9. The number of rotatable bonds is 0. The van der Waals surface area contributed by atoms with Crippen molar-refractivity contribution < 1.29 is 55.2 Å². The molecular formula is H3NdO3P. The zero-order valence-corrected chi connectivity index (χ0v) is 6.51. The quantitative estimate of drug-likeness (QED) is 0.540. The molecule has 0 amide bonds. The first kappa shape index (κ1) is 9.71. The maximum absolute atomic E-state index is 8.74. The minimum Gasteiger partial charge on any atom is -0.326 e. The largest absolute Gasteiger partial charge is 0.326 e. The van der Waals surface area contributed by atoms with E-state index in [-0.39, 0.29) is 40.8 Å². The Morgan fingerprint density at radius 2 is 1.40 bits per heavy atom. The van der Waals surface area contributed by atoms with Crippen LogP contribution < -0.4 is 0 Å². The van der Waals surface area contributed by atoms with Crippen LogP contribution in [0.1, 0.15) is 0 Å². The summed E-state index contributed by atoms with van der Waals surface area (Å²) in [6.45, 7) is 0. The Morgan fingerprint density at radius 1 is 1.40 bits per heavy atom. The fourth-order valence-electron chi connectivity index (χ4n) is 0. The van der Waals surface area contributed by atoms with Crippen LogP contribution in [0.3, 0.4) is 0 Å². The first-order valence-corrected chi connectivity index (χ1v) is 1.95. The number of hydrogen-bond acceptors (Lipinski definition) is 1. The van der Waals surface area contributed by atoms with Crippen LogP contribution in [0.15, 0.2) is 0 Å². The summed E-state index contributed by atoms with van der Waals surface area (Å²) in [5.74, 6) is 0. The summed E-state index contributed by atoms with van der Waals surface area (Å²) >= 11 is 0. The molecule has 0 radical (unpaired) electrons. The molecule has 0 aromatic heterocycles. The molecule has 3 nitrogen and oxygen atoms in total. The standard InChI is InChI=1S/Nd.H3O3P/c;1-4(2)3/h;4H,(H2,1,2,3). The van der Waals surface area contributed by atoms with Crippen LogP contribution in [0.25, 0.3) is 0 Å². The molecule has 0 aliphatic rings. The predicted molar refractivity (Wildman–Crippen MR) is 13.4 cm³/mol. The van der Waals surface area contributed by atoms with Crippen molar-refractivity contribution in [1.82, 2.24) is 0 Å². The van der Waals surface area contributed by atoms with Crippen molar-refractivity contribution in [2.24, 2.45) is 0 Å². The van der Waals surface area contributed by atoms with Crippen molar-refractivity contribution in [2.75, 3.05) is 0 Å². The third-order valence-electron chi connectivity index (χ3n) is 0. The van der Waals surface area contributed by atoms with Crippen LogP contribution in [0.2, 0.25) is 0 Å². The van der Waals surface area contributed by atoms with E-state index in [1.807, 2.05) is 0 Å². The smallest absolute Gasteiger partial charge is 0.314 e. The summed E-state index contributed by atoms with van der Waals surface area (Å²) in [5, 5.41) is 0. The zero-order valence-electron chi connectivity index (χ0n) is 2.30. The fraction of sp³-hybridized carbons (Fsp3) is 0. The average Bonchev–Trinajstić information content (AvgIpc) is 0.811. The van der Waals surface area contributed by atoms with E-state index in [0.29, 0.717) is 0 Å². The van der Waals surface area contributed by atoms with E-state index in [1.165, 1.54) is 0 Å². The second kappa shape index (κ2) is 5.50. The molecule has 0 aliphatic heterocycles. The Hall–Kier alpha value is 1.50. The minimum absolute atomic E-state index is 0. The normalized spacial score (nSPS) is 7.00. The molecule has 0 aromatic rings. The van der Waals surface area contributed by atoms with Gasteiger partial charge >= 0.3 is 8.25 Å². The van der Waals surface area contributed by atoms with Crippen LogP contribution in [0, 0.1) is 40.8 Å². The molecule has 0 heterocycles. The van der Waals surface area contributed by atoms with Gasteiger partial charge in [-0.3, -0.25) is 4.57 Å². The molecule has 0 saturated heterocycles. The molecule has 5 heavy (non-hydrogen) atoms. The van der Waals surface area contributed by atoms with E-state index in [1.54, 1.807) is 0 Å². The third-order valence-corrected chi connectivity index (χ3v) is 0. The van der Waals surface area contributed by atoms with Gasteiger partial charge in [0.15, 0.2) is 0 Å². The van der Waals surface area contributed by atoms with E-state index >= 15 is 0 Å². The summed E-state index contributed by atoms with van der Waals surface area (Å²) in [4.78, 5) is 14.3. The Kier molecular flexibility index (Phi) is 10.7. The first-order chi connectivity index (χ1) is 1.73. The van der Waals surface area contributed by atoms with Gasteiger partial charge in [0.2, 0.25) is 0 Å². The second-order valence-electron chi connectivity index (χ2n) is 0.283. The van der Waals surface area contributed by atoms with Crippen LogP contribution in [-0.2, 0) is 4.57 Å². The van der Waals surface area contributed by atoms with Gasteiger partial charge in [-0.25, -0.2) is 0 Å². The monoisotopic (exact) mass is 224 g/mol. The zero-order chi connectivity index (χ0) is 3.58. The topological polar surface area (TPSA) is 57.5 Å². The summed E-state index contributed by atoms with van der Waals surface area (Å²) in [7, 11) is -3.13. The van der Waals surface area contributed by atoms with E-state index in [4.69, 9.17) is 14.4 Å². The average molecular weight is 226 g/mol. The predicted octanol–water partition coefficient (Wildman–Crippen LogP) is -0.639.